The van der Waals surface area contributed by atoms with Gasteiger partial charge in [0.15, 0.2) is 0 Å². The maximum Gasteiger partial charge on any atom is 0.310 e. The molecule has 0 spiro atoms. The molecule has 0 bridgehead atoms. The van der Waals surface area contributed by atoms with Gasteiger partial charge in [-0.25, -0.2) is 4.98 Å². The zero-order chi connectivity index (χ0) is 26.4. The smallest absolute Gasteiger partial charge is 0.310 e. The summed E-state index contributed by atoms with van der Waals surface area (Å²) >= 11 is 0. The highest BCUT2D eigenvalue weighted by Crippen LogP contribution is 2.26. The van der Waals surface area contributed by atoms with E-state index in [-0.39, 0.29) is 25.9 Å². The van der Waals surface area contributed by atoms with Crippen LogP contribution >= 0.6 is 0 Å². The van der Waals surface area contributed by atoms with Gasteiger partial charge in [-0.15, -0.1) is 0 Å². The summed E-state index contributed by atoms with van der Waals surface area (Å²) in [4.78, 5) is 53.7. The van der Waals surface area contributed by atoms with Crippen LogP contribution in [0.15, 0.2) is 66.9 Å². The van der Waals surface area contributed by atoms with Crippen LogP contribution in [0.5, 0.6) is 5.88 Å². The minimum absolute atomic E-state index is 0.0390. The molecule has 0 unspecified atom stereocenters. The normalized spacial score (nSPS) is 14.1. The van der Waals surface area contributed by atoms with Crippen LogP contribution in [0, 0.1) is 5.92 Å². The van der Waals surface area contributed by atoms with Crippen LogP contribution in [0.2, 0.25) is 0 Å². The number of hydrogen-bond acceptors (Lipinski definition) is 7. The minimum atomic E-state index is -1.16. The molecule has 0 saturated heterocycles. The molecule has 1 aliphatic heterocycles. The Kier molecular flexibility index (Phi) is 7.92. The Hall–Kier alpha value is -4.53. The van der Waals surface area contributed by atoms with Crippen LogP contribution in [0.4, 0.5) is 0 Å². The molecule has 2 atom stereocenters. The van der Waals surface area contributed by atoms with Crippen molar-refractivity contribution in [3.05, 3.63) is 83.6 Å². The minimum Gasteiger partial charge on any atom is -0.481 e. The molecule has 4 rings (SSSR count). The van der Waals surface area contributed by atoms with E-state index >= 15 is 0 Å². The third-order valence-corrected chi connectivity index (χ3v) is 6.49. The number of carbonyl (C=O) groups is 4. The second-order valence-electron chi connectivity index (χ2n) is 8.64. The van der Waals surface area contributed by atoms with Crippen LogP contribution in [0.25, 0.3) is 11.1 Å². The lowest BCUT2D eigenvalue weighted by molar-refractivity contribution is -0.151. The number of methoxy groups -OCH3 is 1. The number of rotatable bonds is 12. The summed E-state index contributed by atoms with van der Waals surface area (Å²) in [6, 6.07) is 17.9. The number of carboxylic acid groups (broad SMARTS) is 1. The van der Waals surface area contributed by atoms with Crippen molar-refractivity contribution < 1.29 is 33.8 Å². The first-order valence-corrected chi connectivity index (χ1v) is 11.8. The molecule has 37 heavy (non-hydrogen) atoms. The average molecular weight is 503 g/mol. The van der Waals surface area contributed by atoms with Crippen molar-refractivity contribution in [2.24, 2.45) is 5.92 Å². The predicted molar refractivity (Wildman–Crippen MR) is 133 cm³/mol. The first kappa shape index (κ1) is 25.6. The molecule has 9 nitrogen and oxygen atoms in total. The Morgan fingerprint density at radius 3 is 2.16 bits per heavy atom. The van der Waals surface area contributed by atoms with Crippen LogP contribution < -0.4 is 4.74 Å². The van der Waals surface area contributed by atoms with Crippen molar-refractivity contribution in [1.82, 2.24) is 9.88 Å². The van der Waals surface area contributed by atoms with Gasteiger partial charge in [0, 0.05) is 24.4 Å². The second kappa shape index (κ2) is 11.5. The van der Waals surface area contributed by atoms with Gasteiger partial charge in [0.1, 0.15) is 6.10 Å². The molecule has 0 aliphatic carbocycles. The van der Waals surface area contributed by atoms with E-state index in [2.05, 4.69) is 4.98 Å². The number of aromatic nitrogens is 1. The summed E-state index contributed by atoms with van der Waals surface area (Å²) in [7, 11) is 1.55. The Bertz CT molecular complexity index is 1250. The van der Waals surface area contributed by atoms with Crippen LogP contribution in [0.1, 0.15) is 39.1 Å². The molecular weight excluding hydrogens is 476 g/mol. The van der Waals surface area contributed by atoms with Gasteiger partial charge in [0.05, 0.1) is 24.2 Å². The highest BCUT2D eigenvalue weighted by molar-refractivity contribution is 6.21. The van der Waals surface area contributed by atoms with Crippen LogP contribution in [-0.4, -0.2) is 59.0 Å². The summed E-state index contributed by atoms with van der Waals surface area (Å²) in [5, 5.41) is 9.85. The summed E-state index contributed by atoms with van der Waals surface area (Å²) in [6.07, 6.45) is 1.49. The number of carbonyl (C=O) groups excluding carboxylic acids is 3. The predicted octanol–water partition coefficient (Wildman–Crippen LogP) is 3.62. The topological polar surface area (TPSA) is 123 Å². The van der Waals surface area contributed by atoms with E-state index in [9.17, 15) is 24.3 Å². The SMILES string of the molecule is COc1ccc(-c2ccc(CC[C@@H](OC=O)[C@@H](CCN3C(=O)c4ccccc4C3=O)C(=O)O)cc2)cn1. The Morgan fingerprint density at radius 2 is 1.62 bits per heavy atom. The largest absolute Gasteiger partial charge is 0.481 e. The van der Waals surface area contributed by atoms with Crippen molar-refractivity contribution in [1.29, 1.82) is 0 Å². The quantitative estimate of drug-likeness (QED) is 0.294. The molecule has 1 N–H and O–H groups in total. The molecule has 2 aromatic carbocycles. The molecule has 1 aliphatic rings. The summed E-state index contributed by atoms with van der Waals surface area (Å²) in [6.45, 7) is 0.148. The number of imide groups is 1. The highest BCUT2D eigenvalue weighted by Gasteiger charge is 2.37. The van der Waals surface area contributed by atoms with Crippen molar-refractivity contribution in [3.8, 4) is 17.0 Å². The number of ether oxygens (including phenoxy) is 2. The number of benzene rings is 2. The van der Waals surface area contributed by atoms with E-state index < -0.39 is 29.8 Å². The Balaban J connectivity index is 1.40. The van der Waals surface area contributed by atoms with E-state index in [1.54, 1.807) is 43.6 Å². The molecule has 3 aromatic rings. The fourth-order valence-electron chi connectivity index (χ4n) is 4.46. The summed E-state index contributed by atoms with van der Waals surface area (Å²) in [5.74, 6) is -2.63. The fraction of sp³-hybridized carbons (Fsp3) is 0.250. The molecular formula is C28H26N2O7. The van der Waals surface area contributed by atoms with Gasteiger partial charge >= 0.3 is 5.97 Å². The average Bonchev–Trinajstić information content (AvgIpc) is 3.17. The van der Waals surface area contributed by atoms with Gasteiger partial charge in [-0.05, 0) is 48.6 Å². The monoisotopic (exact) mass is 502 g/mol. The highest BCUT2D eigenvalue weighted by atomic mass is 16.5. The number of aliphatic carboxylic acids is 1. The summed E-state index contributed by atoms with van der Waals surface area (Å²) < 4.78 is 10.2. The number of amides is 2. The maximum atomic E-state index is 12.6. The standard InChI is InChI=1S/C28H26N2O7/c1-36-25-13-11-20(16-29-25)19-9-6-18(7-10-19)8-12-24(37-17-31)23(28(34)35)14-15-30-26(32)21-4-2-3-5-22(21)27(30)33/h2-7,9-11,13,16-17,23-24H,8,12,14-15H2,1H3,(H,34,35)/t23-,24-/m1/s1. The number of nitrogens with zero attached hydrogens (tertiary/aromatic N) is 2. The van der Waals surface area contributed by atoms with E-state index in [1.165, 1.54) is 0 Å². The van der Waals surface area contributed by atoms with Gasteiger partial charge in [-0.1, -0.05) is 36.4 Å². The number of fused-ring (bicyclic) bond motifs is 1. The number of carboxylic acids is 1. The molecule has 2 heterocycles. The van der Waals surface area contributed by atoms with Crippen molar-refractivity contribution >= 4 is 24.3 Å². The molecule has 0 radical (unpaired) electrons. The van der Waals surface area contributed by atoms with Gasteiger partial charge < -0.3 is 14.6 Å². The van der Waals surface area contributed by atoms with Crippen molar-refractivity contribution in [3.63, 3.8) is 0 Å². The van der Waals surface area contributed by atoms with E-state index in [1.807, 2.05) is 30.3 Å². The summed E-state index contributed by atoms with van der Waals surface area (Å²) in [5.41, 5.74) is 3.43. The zero-order valence-electron chi connectivity index (χ0n) is 20.2. The Morgan fingerprint density at radius 1 is 0.973 bits per heavy atom. The molecule has 9 heteroatoms. The fourth-order valence-corrected chi connectivity index (χ4v) is 4.46. The van der Waals surface area contributed by atoms with Gasteiger partial charge in [-0.3, -0.25) is 24.1 Å². The van der Waals surface area contributed by atoms with Crippen LogP contribution in [-0.2, 0) is 20.7 Å². The first-order valence-electron chi connectivity index (χ1n) is 11.8. The molecule has 190 valence electrons. The Labute approximate surface area is 213 Å². The zero-order valence-corrected chi connectivity index (χ0v) is 20.2. The third-order valence-electron chi connectivity index (χ3n) is 6.49. The van der Waals surface area contributed by atoms with E-state index in [4.69, 9.17) is 9.47 Å². The molecule has 0 saturated carbocycles. The molecule has 1 aromatic heterocycles. The van der Waals surface area contributed by atoms with Crippen molar-refractivity contribution in [2.45, 2.75) is 25.4 Å². The van der Waals surface area contributed by atoms with Crippen molar-refractivity contribution in [2.75, 3.05) is 13.7 Å². The van der Waals surface area contributed by atoms with Gasteiger partial charge in [0.25, 0.3) is 18.3 Å². The molecule has 2 amide bonds. The van der Waals surface area contributed by atoms with E-state index in [0.717, 1.165) is 21.6 Å². The van der Waals surface area contributed by atoms with E-state index in [0.29, 0.717) is 23.4 Å². The third kappa shape index (κ3) is 5.66. The first-order chi connectivity index (χ1) is 17.9. The van der Waals surface area contributed by atoms with Crippen LogP contribution in [0.3, 0.4) is 0 Å². The lowest BCUT2D eigenvalue weighted by atomic mass is 9.92. The van der Waals surface area contributed by atoms with Gasteiger partial charge in [0.2, 0.25) is 5.88 Å². The molecule has 0 fully saturated rings. The van der Waals surface area contributed by atoms with Gasteiger partial charge in [-0.2, -0.15) is 0 Å². The second-order valence-corrected chi connectivity index (χ2v) is 8.64. The lowest BCUT2D eigenvalue weighted by Gasteiger charge is -2.24. The number of pyridine rings is 1. The number of aryl methyl sites for hydroxylation is 1. The maximum absolute atomic E-state index is 12.6. The number of hydrogen-bond donors (Lipinski definition) is 1. The lowest BCUT2D eigenvalue weighted by Crippen LogP contribution is -2.37.